The largest absolute Gasteiger partial charge is 0.504 e. The highest BCUT2D eigenvalue weighted by Crippen LogP contribution is 2.26. The zero-order valence-corrected chi connectivity index (χ0v) is 12.9. The van der Waals surface area contributed by atoms with Crippen molar-refractivity contribution in [3.05, 3.63) is 95.6 Å². The molecule has 0 fully saturated rings. The van der Waals surface area contributed by atoms with Gasteiger partial charge in [0.05, 0.1) is 6.21 Å². The van der Waals surface area contributed by atoms with Crippen LogP contribution in [0.15, 0.2) is 89.1 Å². The first kappa shape index (κ1) is 15.5. The van der Waals surface area contributed by atoms with Gasteiger partial charge in [-0.15, -0.1) is 5.10 Å². The van der Waals surface area contributed by atoms with Crippen LogP contribution in [0.3, 0.4) is 0 Å². The lowest BCUT2D eigenvalue weighted by Gasteiger charge is -2.05. The van der Waals surface area contributed by atoms with E-state index in [1.165, 1.54) is 12.3 Å². The molecule has 0 spiro atoms. The van der Waals surface area contributed by atoms with E-state index in [1.54, 1.807) is 12.1 Å². The zero-order valence-electron chi connectivity index (χ0n) is 12.9. The van der Waals surface area contributed by atoms with Gasteiger partial charge in [0.25, 0.3) is 0 Å². The van der Waals surface area contributed by atoms with Crippen LogP contribution < -0.4 is 0 Å². The molecule has 0 unspecified atom stereocenters. The summed E-state index contributed by atoms with van der Waals surface area (Å²) in [5.41, 5.74) is 3.02. The fourth-order valence-corrected chi connectivity index (χ4v) is 2.28. The second-order valence-electron chi connectivity index (χ2n) is 5.14. The second kappa shape index (κ2) is 7.24. The summed E-state index contributed by atoms with van der Waals surface area (Å²) in [5, 5.41) is 27.7. The van der Waals surface area contributed by atoms with Crippen LogP contribution in [0.4, 0.5) is 0 Å². The van der Waals surface area contributed by atoms with Gasteiger partial charge >= 0.3 is 0 Å². The van der Waals surface area contributed by atoms with E-state index < -0.39 is 0 Å². The Labute approximate surface area is 140 Å². The van der Waals surface area contributed by atoms with Gasteiger partial charge in [-0.05, 0) is 12.1 Å². The molecule has 0 saturated carbocycles. The monoisotopic (exact) mass is 316 g/mol. The Morgan fingerprint density at radius 2 is 1.29 bits per heavy atom. The lowest BCUT2D eigenvalue weighted by Crippen LogP contribution is -2.02. The van der Waals surface area contributed by atoms with Crippen molar-refractivity contribution in [1.29, 1.82) is 0 Å². The van der Waals surface area contributed by atoms with Crippen LogP contribution >= 0.6 is 0 Å². The van der Waals surface area contributed by atoms with E-state index in [0.29, 0.717) is 5.56 Å². The van der Waals surface area contributed by atoms with E-state index in [0.717, 1.165) is 16.8 Å². The number of nitrogens with zero attached hydrogens (tertiary/aromatic N) is 2. The van der Waals surface area contributed by atoms with E-state index in [-0.39, 0.29) is 11.5 Å². The smallest absolute Gasteiger partial charge is 0.166 e. The van der Waals surface area contributed by atoms with Gasteiger partial charge in [0.15, 0.2) is 11.5 Å². The van der Waals surface area contributed by atoms with E-state index in [9.17, 15) is 10.2 Å². The van der Waals surface area contributed by atoms with Gasteiger partial charge in [-0.25, -0.2) is 0 Å². The van der Waals surface area contributed by atoms with Crippen LogP contribution in [0.25, 0.3) is 0 Å². The molecule has 4 nitrogen and oxygen atoms in total. The van der Waals surface area contributed by atoms with Crippen molar-refractivity contribution in [3.8, 4) is 11.5 Å². The van der Waals surface area contributed by atoms with Gasteiger partial charge in [0, 0.05) is 16.7 Å². The van der Waals surface area contributed by atoms with E-state index in [4.69, 9.17) is 0 Å². The lowest BCUT2D eigenvalue weighted by atomic mass is 10.0. The molecular weight excluding hydrogens is 300 g/mol. The zero-order chi connectivity index (χ0) is 16.8. The molecule has 3 aromatic rings. The quantitative estimate of drug-likeness (QED) is 0.434. The third-order valence-corrected chi connectivity index (χ3v) is 3.49. The van der Waals surface area contributed by atoms with Crippen LogP contribution in [-0.4, -0.2) is 22.1 Å². The average Bonchev–Trinajstić information content (AvgIpc) is 2.63. The lowest BCUT2D eigenvalue weighted by molar-refractivity contribution is 0.403. The van der Waals surface area contributed by atoms with Crippen molar-refractivity contribution in [2.45, 2.75) is 0 Å². The third-order valence-electron chi connectivity index (χ3n) is 3.49. The molecule has 0 heterocycles. The van der Waals surface area contributed by atoms with Crippen molar-refractivity contribution in [2.75, 3.05) is 0 Å². The van der Waals surface area contributed by atoms with E-state index >= 15 is 0 Å². The van der Waals surface area contributed by atoms with Crippen LogP contribution in [0.1, 0.15) is 16.7 Å². The number of hydrogen-bond acceptors (Lipinski definition) is 4. The minimum Gasteiger partial charge on any atom is -0.504 e. The molecule has 0 atom stereocenters. The molecule has 0 aliphatic heterocycles. The molecule has 0 amide bonds. The Morgan fingerprint density at radius 1 is 0.708 bits per heavy atom. The van der Waals surface area contributed by atoms with Gasteiger partial charge in [0.1, 0.15) is 5.71 Å². The summed E-state index contributed by atoms with van der Waals surface area (Å²) in [6.07, 6.45) is 1.42. The minimum atomic E-state index is -0.211. The van der Waals surface area contributed by atoms with Gasteiger partial charge in [0.2, 0.25) is 0 Å². The molecule has 3 rings (SSSR count). The fourth-order valence-electron chi connectivity index (χ4n) is 2.28. The van der Waals surface area contributed by atoms with E-state index in [1.807, 2.05) is 60.7 Å². The normalized spacial score (nSPS) is 10.7. The van der Waals surface area contributed by atoms with Gasteiger partial charge < -0.3 is 10.2 Å². The Kier molecular flexibility index (Phi) is 4.68. The summed E-state index contributed by atoms with van der Waals surface area (Å²) < 4.78 is 0. The summed E-state index contributed by atoms with van der Waals surface area (Å²) in [7, 11) is 0. The Morgan fingerprint density at radius 3 is 1.88 bits per heavy atom. The van der Waals surface area contributed by atoms with Crippen LogP contribution in [0.2, 0.25) is 0 Å². The van der Waals surface area contributed by atoms with Crippen molar-refractivity contribution >= 4 is 11.9 Å². The van der Waals surface area contributed by atoms with E-state index in [2.05, 4.69) is 10.2 Å². The first-order valence-electron chi connectivity index (χ1n) is 7.48. The average molecular weight is 316 g/mol. The molecule has 0 bridgehead atoms. The molecule has 0 aromatic heterocycles. The van der Waals surface area contributed by atoms with Crippen LogP contribution in [-0.2, 0) is 0 Å². The fraction of sp³-hybridized carbons (Fsp3) is 0. The maximum absolute atomic E-state index is 9.81. The summed E-state index contributed by atoms with van der Waals surface area (Å²) in [4.78, 5) is 0. The van der Waals surface area contributed by atoms with Crippen molar-refractivity contribution in [2.24, 2.45) is 10.2 Å². The molecule has 118 valence electrons. The second-order valence-corrected chi connectivity index (χ2v) is 5.14. The molecule has 0 aliphatic rings. The van der Waals surface area contributed by atoms with Crippen molar-refractivity contribution in [3.63, 3.8) is 0 Å². The Balaban J connectivity index is 1.98. The van der Waals surface area contributed by atoms with Crippen LogP contribution in [0, 0.1) is 0 Å². The molecule has 4 heteroatoms. The topological polar surface area (TPSA) is 65.2 Å². The molecule has 0 radical (unpaired) electrons. The number of phenols is 2. The van der Waals surface area contributed by atoms with Gasteiger partial charge in [-0.2, -0.15) is 5.10 Å². The predicted molar refractivity (Wildman–Crippen MR) is 95.9 cm³/mol. The maximum Gasteiger partial charge on any atom is 0.166 e. The highest BCUT2D eigenvalue weighted by Gasteiger charge is 2.06. The van der Waals surface area contributed by atoms with Gasteiger partial charge in [-0.3, -0.25) is 0 Å². The summed E-state index contributed by atoms with van der Waals surface area (Å²) in [6.45, 7) is 0. The third kappa shape index (κ3) is 3.50. The molecule has 0 aliphatic carbocycles. The number of rotatable bonds is 4. The minimum absolute atomic E-state index is 0.186. The summed E-state index contributed by atoms with van der Waals surface area (Å²) in [5.74, 6) is -0.397. The highest BCUT2D eigenvalue weighted by molar-refractivity contribution is 6.13. The Hall–Kier alpha value is -3.40. The summed E-state index contributed by atoms with van der Waals surface area (Å²) in [6, 6.07) is 24.2. The standard InChI is InChI=1S/C20H16N2O2/c23-18-13-7-12-17(20(18)24)14-21-22-19(15-8-3-1-4-9-15)16-10-5-2-6-11-16/h1-14,23-24H/b21-14+. The number of phenolic OH excluding ortho intramolecular Hbond substituents is 2. The first-order valence-corrected chi connectivity index (χ1v) is 7.48. The van der Waals surface area contributed by atoms with Gasteiger partial charge in [-0.1, -0.05) is 66.7 Å². The maximum atomic E-state index is 9.81. The van der Waals surface area contributed by atoms with Crippen molar-refractivity contribution < 1.29 is 10.2 Å². The number of benzene rings is 3. The molecular formula is C20H16N2O2. The summed E-state index contributed by atoms with van der Waals surface area (Å²) >= 11 is 0. The first-order chi connectivity index (χ1) is 11.8. The predicted octanol–water partition coefficient (Wildman–Crippen LogP) is 3.97. The van der Waals surface area contributed by atoms with Crippen molar-refractivity contribution in [1.82, 2.24) is 0 Å². The number of aromatic hydroxyl groups is 2. The highest BCUT2D eigenvalue weighted by atomic mass is 16.3. The molecule has 24 heavy (non-hydrogen) atoms. The SMILES string of the molecule is Oc1cccc(/C=N/N=C(c2ccccc2)c2ccccc2)c1O. The number of hydrogen-bond donors (Lipinski definition) is 2. The molecule has 3 aromatic carbocycles. The Bertz CT molecular complexity index is 831. The molecule has 2 N–H and O–H groups in total. The van der Waals surface area contributed by atoms with Crippen LogP contribution in [0.5, 0.6) is 11.5 Å². The molecule has 0 saturated heterocycles. The number of para-hydroxylation sites is 1.